The fourth-order valence-corrected chi connectivity index (χ4v) is 11.0. The summed E-state index contributed by atoms with van der Waals surface area (Å²) in [5.74, 6) is 1.69. The third kappa shape index (κ3) is 13.7. The summed E-state index contributed by atoms with van der Waals surface area (Å²) in [6.45, 7) is 6.52. The predicted molar refractivity (Wildman–Crippen MR) is 307 cm³/mol. The van der Waals surface area contributed by atoms with Gasteiger partial charge in [-0.05, 0) is 139 Å². The summed E-state index contributed by atoms with van der Waals surface area (Å²) >= 11 is 13.2. The van der Waals surface area contributed by atoms with Gasteiger partial charge < -0.3 is 48.5 Å². The quantitative estimate of drug-likeness (QED) is 0.0721. The van der Waals surface area contributed by atoms with Crippen LogP contribution in [0.1, 0.15) is 111 Å². The Labute approximate surface area is 471 Å². The average Bonchev–Trinajstić information content (AvgIpc) is 4.14. The molecule has 8 atom stereocenters. The van der Waals surface area contributed by atoms with Crippen molar-refractivity contribution >= 4 is 23.2 Å². The molecule has 78 heavy (non-hydrogen) atoms. The molecule has 2 spiro atoms. The standard InChI is InChI=1S/C43H43ClO5.C22H25ClO5.CH4.H2/c1-2-45-37-21-18-31(19-22-37)26-36-27-35(20-23-38(36)44)39-40(46-28-32-12-6-3-7-13-32)41(47-29-33-14-8-4-9-15-33)42(43(49-39)24-25-43)48-30-34-16-10-5-11-17-34;1-2-27-16-6-3-13(4-7-16)11-15-12-14(5-8-17(15)23)20-18(24)19(25)21(26)22(28-20)9-10-22;;/h3-23,27,39-42H,2,24-26,28-30H2,1H3;3-8,12,18-21,24-26H,2,9-11H2,1H3;1H4;1H/t39-,40-,41+,42-;18-,19-,20+,21+;;/m01../s1. The largest absolute Gasteiger partial charge is 0.494 e. The van der Waals surface area contributed by atoms with Crippen molar-refractivity contribution in [3.05, 3.63) is 236 Å². The summed E-state index contributed by atoms with van der Waals surface area (Å²) in [5.41, 5.74) is 8.03. The fourth-order valence-electron chi connectivity index (χ4n) is 10.6. The molecule has 2 heterocycles. The first-order valence-electron chi connectivity index (χ1n) is 26.9. The minimum absolute atomic E-state index is 0. The molecule has 7 aromatic carbocycles. The molecule has 0 amide bonds. The van der Waals surface area contributed by atoms with E-state index in [2.05, 4.69) is 60.7 Å². The van der Waals surface area contributed by atoms with Crippen molar-refractivity contribution in [3.8, 4) is 11.5 Å². The third-order valence-electron chi connectivity index (χ3n) is 15.1. The van der Waals surface area contributed by atoms with Gasteiger partial charge in [0.25, 0.3) is 0 Å². The van der Waals surface area contributed by atoms with E-state index in [1.165, 1.54) is 0 Å². The zero-order chi connectivity index (χ0) is 53.4. The van der Waals surface area contributed by atoms with E-state index < -0.39 is 41.7 Å². The summed E-state index contributed by atoms with van der Waals surface area (Å²) < 4.78 is 44.9. The van der Waals surface area contributed by atoms with Crippen LogP contribution in [0.15, 0.2) is 176 Å². The van der Waals surface area contributed by atoms with Crippen LogP contribution in [0.4, 0.5) is 0 Å². The number of ether oxygens (including phenoxy) is 7. The van der Waals surface area contributed by atoms with Gasteiger partial charge in [0.1, 0.15) is 60.3 Å². The first-order valence-corrected chi connectivity index (χ1v) is 27.7. The molecular weight excluding hydrogens is 1020 g/mol. The molecular formula is C66H74Cl2O10. The molecule has 2 saturated heterocycles. The molecule has 0 unspecified atom stereocenters. The summed E-state index contributed by atoms with van der Waals surface area (Å²) in [4.78, 5) is 0. The van der Waals surface area contributed by atoms with Crippen LogP contribution in [0, 0.1) is 0 Å². The summed E-state index contributed by atoms with van der Waals surface area (Å²) in [5, 5.41) is 32.3. The van der Waals surface area contributed by atoms with Crippen LogP contribution in [-0.2, 0) is 56.3 Å². The van der Waals surface area contributed by atoms with Crippen molar-refractivity contribution in [2.24, 2.45) is 0 Å². The van der Waals surface area contributed by atoms with E-state index in [4.69, 9.17) is 56.4 Å². The predicted octanol–water partition coefficient (Wildman–Crippen LogP) is 13.6. The minimum atomic E-state index is -1.23. The summed E-state index contributed by atoms with van der Waals surface area (Å²) in [6.07, 6.45) is -1.26. The van der Waals surface area contributed by atoms with Gasteiger partial charge in [-0.1, -0.05) is 170 Å². The molecule has 0 aromatic heterocycles. The van der Waals surface area contributed by atoms with Crippen LogP contribution in [0.3, 0.4) is 0 Å². The van der Waals surface area contributed by atoms with Crippen LogP contribution < -0.4 is 9.47 Å². The van der Waals surface area contributed by atoms with E-state index in [9.17, 15) is 15.3 Å². The highest BCUT2D eigenvalue weighted by Gasteiger charge is 2.63. The van der Waals surface area contributed by atoms with E-state index in [0.717, 1.165) is 79.4 Å². The van der Waals surface area contributed by atoms with Crippen LogP contribution in [0.5, 0.6) is 11.5 Å². The summed E-state index contributed by atoms with van der Waals surface area (Å²) in [6, 6.07) is 58.6. The molecule has 7 aromatic rings. The van der Waals surface area contributed by atoms with Crippen LogP contribution in [-0.4, -0.2) is 76.4 Å². The van der Waals surface area contributed by atoms with Gasteiger partial charge in [-0.15, -0.1) is 0 Å². The molecule has 412 valence electrons. The molecule has 0 bridgehead atoms. The van der Waals surface area contributed by atoms with Crippen molar-refractivity contribution < 1.29 is 49.9 Å². The van der Waals surface area contributed by atoms with E-state index in [1.54, 1.807) is 12.1 Å². The second kappa shape index (κ2) is 26.1. The SMILES string of the molecule is C.CCOc1ccc(Cc2cc([C@@H]3OC4(CC4)[C@@H](O)[C@H](O)[C@H]3O)ccc2Cl)cc1.CCOc1ccc(Cc2cc([C@@H]3OC4(CC4)[C@@H](OCc4ccccc4)[C@H](OCc4ccccc4)[C@H]3OCc3ccccc3)ccc2Cl)cc1.[HH]. The highest BCUT2D eigenvalue weighted by molar-refractivity contribution is 6.31. The Morgan fingerprint density at radius 3 is 1.32 bits per heavy atom. The number of hydrogen-bond donors (Lipinski definition) is 3. The van der Waals surface area contributed by atoms with Gasteiger partial charge in [-0.25, -0.2) is 0 Å². The molecule has 2 saturated carbocycles. The van der Waals surface area contributed by atoms with Crippen molar-refractivity contribution in [1.29, 1.82) is 0 Å². The Morgan fingerprint density at radius 2 is 0.885 bits per heavy atom. The topological polar surface area (TPSA) is 125 Å². The molecule has 4 aliphatic rings. The summed E-state index contributed by atoms with van der Waals surface area (Å²) in [7, 11) is 0. The lowest BCUT2D eigenvalue weighted by Gasteiger charge is -2.47. The zero-order valence-electron chi connectivity index (χ0n) is 43.6. The maximum atomic E-state index is 10.5. The Bertz CT molecular complexity index is 2980. The van der Waals surface area contributed by atoms with Gasteiger partial charge in [-0.3, -0.25) is 0 Å². The monoisotopic (exact) mass is 1100 g/mol. The Kier molecular flexibility index (Phi) is 19.1. The van der Waals surface area contributed by atoms with Crippen LogP contribution in [0.2, 0.25) is 10.0 Å². The number of aliphatic hydroxyl groups excluding tert-OH is 3. The molecule has 2 aliphatic carbocycles. The van der Waals surface area contributed by atoms with Crippen molar-refractivity contribution in [3.63, 3.8) is 0 Å². The first-order chi connectivity index (χ1) is 37.5. The Balaban J connectivity index is 0.000000233. The molecule has 11 rings (SSSR count). The van der Waals surface area contributed by atoms with Crippen molar-refractivity contribution in [1.82, 2.24) is 0 Å². The van der Waals surface area contributed by atoms with Gasteiger partial charge in [0, 0.05) is 11.5 Å². The zero-order valence-corrected chi connectivity index (χ0v) is 45.1. The van der Waals surface area contributed by atoms with E-state index in [0.29, 0.717) is 63.7 Å². The van der Waals surface area contributed by atoms with Gasteiger partial charge in [-0.2, -0.15) is 0 Å². The number of halogens is 2. The Morgan fingerprint density at radius 1 is 0.474 bits per heavy atom. The molecule has 2 aliphatic heterocycles. The van der Waals surface area contributed by atoms with Gasteiger partial charge >= 0.3 is 0 Å². The number of rotatable bonds is 19. The second-order valence-corrected chi connectivity index (χ2v) is 21.4. The number of benzene rings is 7. The van der Waals surface area contributed by atoms with Crippen LogP contribution in [0.25, 0.3) is 0 Å². The maximum Gasteiger partial charge on any atom is 0.119 e. The van der Waals surface area contributed by atoms with Gasteiger partial charge in [0.05, 0.1) is 44.2 Å². The lowest BCUT2D eigenvalue weighted by Crippen LogP contribution is -2.58. The normalized spacial score (nSPS) is 23.4. The highest BCUT2D eigenvalue weighted by Crippen LogP contribution is 2.55. The highest BCUT2D eigenvalue weighted by atomic mass is 35.5. The lowest BCUT2D eigenvalue weighted by atomic mass is 9.88. The third-order valence-corrected chi connectivity index (χ3v) is 15.8. The van der Waals surface area contributed by atoms with E-state index in [-0.39, 0.29) is 27.2 Å². The minimum Gasteiger partial charge on any atom is -0.494 e. The van der Waals surface area contributed by atoms with Gasteiger partial charge in [0.2, 0.25) is 0 Å². The first kappa shape index (κ1) is 57.1. The Hall–Kier alpha value is -5.60. The maximum absolute atomic E-state index is 10.5. The second-order valence-electron chi connectivity index (χ2n) is 20.6. The lowest BCUT2D eigenvalue weighted by molar-refractivity contribution is -0.277. The number of aliphatic hydroxyl groups is 3. The molecule has 4 fully saturated rings. The molecule has 0 radical (unpaired) electrons. The number of hydrogen-bond acceptors (Lipinski definition) is 10. The fraction of sp³-hybridized carbons (Fsp3) is 0.364. The van der Waals surface area contributed by atoms with E-state index >= 15 is 0 Å². The van der Waals surface area contributed by atoms with Crippen molar-refractivity contribution in [2.75, 3.05) is 13.2 Å². The molecule has 10 nitrogen and oxygen atoms in total. The van der Waals surface area contributed by atoms with Crippen LogP contribution >= 0.6 is 23.2 Å². The molecule has 12 heteroatoms. The molecule has 3 N–H and O–H groups in total. The van der Waals surface area contributed by atoms with Gasteiger partial charge in [0.15, 0.2) is 0 Å². The smallest absolute Gasteiger partial charge is 0.119 e. The average molecular weight is 1100 g/mol. The van der Waals surface area contributed by atoms with Crippen molar-refractivity contribution in [2.45, 2.75) is 140 Å². The van der Waals surface area contributed by atoms with E-state index in [1.807, 2.05) is 117 Å².